The summed E-state index contributed by atoms with van der Waals surface area (Å²) >= 11 is 0. The third-order valence-corrected chi connectivity index (χ3v) is 13.2. The van der Waals surface area contributed by atoms with Crippen LogP contribution < -0.4 is 15.9 Å². The zero-order valence-electron chi connectivity index (χ0n) is 27.4. The van der Waals surface area contributed by atoms with Gasteiger partial charge in [-0.25, -0.2) is 4.98 Å². The standard InChI is InChI=1S/C44H26N5OP.Pt/c50-51(32-12-9-11-29(25-32)47-28-31(27-46-47)48-39-18-5-1-13-33(39)34-14-2-6-19-40(34)48)42-21-8-4-16-36(42)37-23-22-30(26-43(37)51)49-41-20-7-3-15-35(41)38-17-10-24-45-44(38)49;/h1-24,27-28H;/q-2;+2. The van der Waals surface area contributed by atoms with Gasteiger partial charge in [-0.05, 0) is 36.0 Å². The summed E-state index contributed by atoms with van der Waals surface area (Å²) in [4.78, 5) is 4.78. The number of pyridine rings is 1. The zero-order chi connectivity index (χ0) is 33.7. The van der Waals surface area contributed by atoms with Crippen LogP contribution in [0.3, 0.4) is 0 Å². The normalized spacial score (nSPS) is 14.9. The molecule has 6 aromatic carbocycles. The Hall–Kier alpha value is -5.80. The molecule has 1 aliphatic rings. The van der Waals surface area contributed by atoms with E-state index in [1.807, 2.05) is 77.9 Å². The number of benzene rings is 6. The Morgan fingerprint density at radius 2 is 1.21 bits per heavy atom. The van der Waals surface area contributed by atoms with Crippen molar-refractivity contribution in [3.63, 3.8) is 0 Å². The van der Waals surface area contributed by atoms with Crippen molar-refractivity contribution in [1.29, 1.82) is 0 Å². The summed E-state index contributed by atoms with van der Waals surface area (Å²) in [5, 5.41) is 11.5. The molecule has 4 aromatic heterocycles. The average Bonchev–Trinajstić information content (AvgIpc) is 3.95. The maximum atomic E-state index is 15.9. The van der Waals surface area contributed by atoms with Gasteiger partial charge in [-0.2, -0.15) is 23.3 Å². The summed E-state index contributed by atoms with van der Waals surface area (Å²) in [6, 6.07) is 54.5. The van der Waals surface area contributed by atoms with Crippen LogP contribution in [0.4, 0.5) is 0 Å². The van der Waals surface area contributed by atoms with E-state index in [1.54, 1.807) is 0 Å². The van der Waals surface area contributed by atoms with Crippen LogP contribution in [-0.4, -0.2) is 23.9 Å². The van der Waals surface area contributed by atoms with E-state index in [0.29, 0.717) is 16.3 Å². The molecule has 0 bridgehead atoms. The van der Waals surface area contributed by atoms with Gasteiger partial charge in [-0.1, -0.05) is 101 Å². The minimum absolute atomic E-state index is 0. The van der Waals surface area contributed by atoms with E-state index < -0.39 is 7.14 Å². The van der Waals surface area contributed by atoms with Crippen LogP contribution in [-0.2, 0) is 25.6 Å². The first-order valence-corrected chi connectivity index (χ1v) is 18.6. The van der Waals surface area contributed by atoms with Crippen molar-refractivity contribution in [2.24, 2.45) is 0 Å². The summed E-state index contributed by atoms with van der Waals surface area (Å²) < 4.78 is 22.0. The Balaban J connectivity index is 0.00000338. The van der Waals surface area contributed by atoms with E-state index in [9.17, 15) is 0 Å². The summed E-state index contributed by atoms with van der Waals surface area (Å²) in [7, 11) is -3.40. The van der Waals surface area contributed by atoms with Gasteiger partial charge in [0.2, 0.25) is 0 Å². The predicted octanol–water partition coefficient (Wildman–Crippen LogP) is 8.68. The maximum Gasteiger partial charge on any atom is 2.00 e. The molecule has 0 amide bonds. The fourth-order valence-corrected chi connectivity index (χ4v) is 10.9. The van der Waals surface area contributed by atoms with Crippen LogP contribution in [0.2, 0.25) is 0 Å². The van der Waals surface area contributed by atoms with E-state index >= 15 is 4.57 Å². The molecule has 1 aliphatic heterocycles. The molecule has 52 heavy (non-hydrogen) atoms. The predicted molar refractivity (Wildman–Crippen MR) is 206 cm³/mol. The van der Waals surface area contributed by atoms with Gasteiger partial charge in [0, 0.05) is 33.0 Å². The topological polar surface area (TPSA) is 57.6 Å². The van der Waals surface area contributed by atoms with Crippen molar-refractivity contribution in [1.82, 2.24) is 23.9 Å². The molecule has 1 unspecified atom stereocenters. The van der Waals surface area contributed by atoms with Gasteiger partial charge in [0.05, 0.1) is 34.6 Å². The zero-order valence-corrected chi connectivity index (χ0v) is 30.6. The Morgan fingerprint density at radius 3 is 1.98 bits per heavy atom. The summed E-state index contributed by atoms with van der Waals surface area (Å²) in [5.74, 6) is 0. The van der Waals surface area contributed by atoms with Gasteiger partial charge >= 0.3 is 21.1 Å². The SMILES string of the molecule is O=P1(c2[c-]c(-n3cc(-n4c5ccccc5c5ccccc54)cn3)ccc2)c2[c-]c(-n3c4ccccc4c4cccnc43)ccc2-c2ccccc21.[Pt+2]. The van der Waals surface area contributed by atoms with Crippen molar-refractivity contribution in [2.75, 3.05) is 0 Å². The monoisotopic (exact) mass is 866 g/mol. The van der Waals surface area contributed by atoms with Crippen molar-refractivity contribution in [3.05, 3.63) is 170 Å². The summed E-state index contributed by atoms with van der Waals surface area (Å²) in [6.07, 6.45) is 5.70. The molecule has 5 heterocycles. The molecular weight excluding hydrogens is 841 g/mol. The van der Waals surface area contributed by atoms with Gasteiger partial charge < -0.3 is 13.7 Å². The number of hydrogen-bond donors (Lipinski definition) is 0. The van der Waals surface area contributed by atoms with Crippen LogP contribution in [0, 0.1) is 12.1 Å². The van der Waals surface area contributed by atoms with Crippen molar-refractivity contribution in [2.45, 2.75) is 0 Å². The molecule has 1 atom stereocenters. The Morgan fingerprint density at radius 1 is 0.558 bits per heavy atom. The average molecular weight is 867 g/mol. The van der Waals surface area contributed by atoms with Crippen molar-refractivity contribution in [3.8, 4) is 28.2 Å². The molecule has 0 saturated heterocycles. The van der Waals surface area contributed by atoms with Crippen LogP contribution in [0.25, 0.3) is 71.9 Å². The minimum Gasteiger partial charge on any atom is -0.318 e. The second kappa shape index (κ2) is 11.6. The first kappa shape index (κ1) is 31.0. The quantitative estimate of drug-likeness (QED) is 0.132. The molecule has 6 nitrogen and oxygen atoms in total. The van der Waals surface area contributed by atoms with Crippen molar-refractivity contribution < 1.29 is 25.6 Å². The van der Waals surface area contributed by atoms with Gasteiger partial charge in [0.1, 0.15) is 12.8 Å². The first-order valence-electron chi connectivity index (χ1n) is 16.9. The molecule has 248 valence electrons. The molecule has 0 N–H and O–H groups in total. The Bertz CT molecular complexity index is 2990. The van der Waals surface area contributed by atoms with Crippen LogP contribution >= 0.6 is 7.14 Å². The molecule has 0 spiro atoms. The smallest absolute Gasteiger partial charge is 0.318 e. The van der Waals surface area contributed by atoms with Crippen LogP contribution in [0.1, 0.15) is 0 Å². The van der Waals surface area contributed by atoms with E-state index in [0.717, 1.165) is 60.8 Å². The first-order chi connectivity index (χ1) is 25.2. The number of para-hydroxylation sites is 3. The summed E-state index contributed by atoms with van der Waals surface area (Å²) in [6.45, 7) is 0. The second-order valence-electron chi connectivity index (χ2n) is 12.9. The Labute approximate surface area is 313 Å². The number of fused-ring (bicyclic) bond motifs is 9. The van der Waals surface area contributed by atoms with E-state index in [2.05, 4.69) is 106 Å². The molecule has 0 saturated carbocycles. The van der Waals surface area contributed by atoms with Crippen molar-refractivity contribution >= 4 is 66.8 Å². The molecule has 10 aromatic rings. The fourth-order valence-electron chi connectivity index (χ4n) is 7.98. The number of hydrogen-bond acceptors (Lipinski definition) is 3. The summed E-state index contributed by atoms with van der Waals surface area (Å²) in [5.41, 5.74) is 8.43. The number of rotatable bonds is 4. The molecule has 0 radical (unpaired) electrons. The molecule has 0 fully saturated rings. The second-order valence-corrected chi connectivity index (χ2v) is 15.5. The number of nitrogens with zero attached hydrogens (tertiary/aromatic N) is 5. The molecular formula is C44H26N5OPPt. The third-order valence-electron chi connectivity index (χ3n) is 10.2. The Kier molecular flexibility index (Phi) is 6.92. The fraction of sp³-hybridized carbons (Fsp3) is 0. The van der Waals surface area contributed by atoms with Gasteiger partial charge in [-0.3, -0.25) is 4.68 Å². The van der Waals surface area contributed by atoms with Crippen LogP contribution in [0.5, 0.6) is 0 Å². The number of aromatic nitrogens is 5. The van der Waals surface area contributed by atoms with E-state index in [1.165, 1.54) is 10.8 Å². The van der Waals surface area contributed by atoms with E-state index in [4.69, 9.17) is 10.1 Å². The van der Waals surface area contributed by atoms with Gasteiger partial charge in [0.25, 0.3) is 0 Å². The molecule has 0 aliphatic carbocycles. The third kappa shape index (κ3) is 4.26. The van der Waals surface area contributed by atoms with Gasteiger partial charge in [0.15, 0.2) is 0 Å². The molecule has 8 heteroatoms. The van der Waals surface area contributed by atoms with Gasteiger partial charge in [-0.15, -0.1) is 29.8 Å². The maximum absolute atomic E-state index is 15.9. The van der Waals surface area contributed by atoms with E-state index in [-0.39, 0.29) is 21.1 Å². The largest absolute Gasteiger partial charge is 2.00 e. The minimum atomic E-state index is -3.40. The molecule has 11 rings (SSSR count). The van der Waals surface area contributed by atoms with Crippen LogP contribution in [0.15, 0.2) is 158 Å².